The molecule has 0 radical (unpaired) electrons. The fourth-order valence-electron chi connectivity index (χ4n) is 5.26. The maximum Gasteiger partial charge on any atom is 0.131 e. The monoisotopic (exact) mass is 440 g/mol. The summed E-state index contributed by atoms with van der Waals surface area (Å²) in [5, 5.41) is 10.8. The van der Waals surface area contributed by atoms with Crippen molar-refractivity contribution in [3.63, 3.8) is 0 Å². The molecule has 0 amide bonds. The van der Waals surface area contributed by atoms with Crippen molar-refractivity contribution in [3.8, 4) is 5.75 Å². The van der Waals surface area contributed by atoms with E-state index >= 15 is 0 Å². The molecule has 3 aromatic rings. The van der Waals surface area contributed by atoms with Gasteiger partial charge in [0.05, 0.1) is 19.3 Å². The van der Waals surface area contributed by atoms with Gasteiger partial charge in [0.25, 0.3) is 0 Å². The van der Waals surface area contributed by atoms with Crippen molar-refractivity contribution in [2.24, 2.45) is 0 Å². The highest BCUT2D eigenvalue weighted by Gasteiger charge is 2.25. The zero-order valence-corrected chi connectivity index (χ0v) is 18.3. The third-order valence-electron chi connectivity index (χ3n) is 7.01. The molecule has 0 spiro atoms. The summed E-state index contributed by atoms with van der Waals surface area (Å²) < 4.78 is 36.9. The van der Waals surface area contributed by atoms with Gasteiger partial charge < -0.3 is 14.4 Å². The van der Waals surface area contributed by atoms with Crippen molar-refractivity contribution in [1.29, 1.82) is 0 Å². The van der Waals surface area contributed by atoms with Crippen molar-refractivity contribution in [3.05, 3.63) is 65.4 Å². The third-order valence-corrected chi connectivity index (χ3v) is 7.01. The van der Waals surface area contributed by atoms with E-state index in [1.807, 2.05) is 22.9 Å². The van der Waals surface area contributed by atoms with E-state index in [9.17, 15) is 13.9 Å². The number of ether oxygens (including phenoxy) is 1. The van der Waals surface area contributed by atoms with Gasteiger partial charge in [-0.05, 0) is 81.0 Å². The summed E-state index contributed by atoms with van der Waals surface area (Å²) in [5.74, 6) is -0.218. The maximum absolute atomic E-state index is 14.3. The summed E-state index contributed by atoms with van der Waals surface area (Å²) in [6.45, 7) is 1.91. The van der Waals surface area contributed by atoms with Crippen LogP contribution in [-0.2, 0) is 13.1 Å². The van der Waals surface area contributed by atoms with Gasteiger partial charge in [-0.15, -0.1) is 0 Å². The fraction of sp³-hybridized carbons (Fsp3) is 0.462. The number of fused-ring (bicyclic) bond motifs is 1. The minimum Gasteiger partial charge on any atom is -0.490 e. The first-order chi connectivity index (χ1) is 15.6. The number of hydrogen-bond acceptors (Lipinski definition) is 3. The Labute approximate surface area is 187 Å². The van der Waals surface area contributed by atoms with Crippen LogP contribution in [0, 0.1) is 11.6 Å². The fourth-order valence-corrected chi connectivity index (χ4v) is 5.26. The highest BCUT2D eigenvalue weighted by Crippen LogP contribution is 2.32. The Hall–Kier alpha value is -2.44. The van der Waals surface area contributed by atoms with Crippen molar-refractivity contribution < 1.29 is 18.6 Å². The lowest BCUT2D eigenvalue weighted by atomic mass is 10.1. The Bertz CT molecular complexity index is 1070. The minimum atomic E-state index is -0.533. The average Bonchev–Trinajstić information content (AvgIpc) is 3.52. The molecule has 2 aliphatic rings. The molecule has 32 heavy (non-hydrogen) atoms. The third kappa shape index (κ3) is 4.26. The second kappa shape index (κ2) is 9.20. The zero-order valence-electron chi connectivity index (χ0n) is 18.3. The van der Waals surface area contributed by atoms with Gasteiger partial charge in [-0.25, -0.2) is 8.78 Å². The largest absolute Gasteiger partial charge is 0.490 e. The Balaban J connectivity index is 1.51. The molecule has 6 heteroatoms. The second-order valence-electron chi connectivity index (χ2n) is 9.13. The predicted octanol–water partition coefficient (Wildman–Crippen LogP) is 5.25. The molecule has 1 aromatic heterocycles. The van der Waals surface area contributed by atoms with Gasteiger partial charge in [0, 0.05) is 35.2 Å². The highest BCUT2D eigenvalue weighted by atomic mass is 19.1. The number of benzene rings is 2. The van der Waals surface area contributed by atoms with E-state index in [4.69, 9.17) is 4.74 Å². The standard InChI is InChI=1S/C26H30F2N2O2/c27-24-8-3-9-25(28)23(24)16-30-15-18(14-29-12-4-5-19(29)17-31)22-13-21(10-11-26(22)30)32-20-6-1-2-7-20/h3,8-11,13,15,19-20,31H,1-2,4-7,12,14,16-17H2/t19-/m0/s1. The van der Waals surface area contributed by atoms with E-state index in [2.05, 4.69) is 11.0 Å². The van der Waals surface area contributed by atoms with E-state index in [1.54, 1.807) is 0 Å². The van der Waals surface area contributed by atoms with Crippen LogP contribution in [0.1, 0.15) is 49.7 Å². The number of nitrogens with zero attached hydrogens (tertiary/aromatic N) is 2. The van der Waals surface area contributed by atoms with Gasteiger partial charge in [0.1, 0.15) is 17.4 Å². The molecule has 1 saturated heterocycles. The summed E-state index contributed by atoms with van der Waals surface area (Å²) in [4.78, 5) is 2.30. The van der Waals surface area contributed by atoms with E-state index in [0.29, 0.717) is 6.54 Å². The summed E-state index contributed by atoms with van der Waals surface area (Å²) >= 11 is 0. The zero-order chi connectivity index (χ0) is 22.1. The topological polar surface area (TPSA) is 37.6 Å². The molecule has 0 unspecified atom stereocenters. The SMILES string of the molecule is OC[C@@H]1CCCN1Cc1cn(Cc2c(F)cccc2F)c2ccc(OC3CCCC3)cc12. The van der Waals surface area contributed by atoms with Crippen molar-refractivity contribution in [2.75, 3.05) is 13.2 Å². The first-order valence-corrected chi connectivity index (χ1v) is 11.7. The minimum absolute atomic E-state index is 0.0663. The molecule has 1 atom stereocenters. The van der Waals surface area contributed by atoms with E-state index in [-0.39, 0.29) is 30.9 Å². The predicted molar refractivity (Wildman–Crippen MR) is 121 cm³/mol. The van der Waals surface area contributed by atoms with Gasteiger partial charge in [-0.3, -0.25) is 4.90 Å². The van der Waals surface area contributed by atoms with Crippen molar-refractivity contribution in [2.45, 2.75) is 63.8 Å². The Morgan fingerprint density at radius 3 is 2.50 bits per heavy atom. The van der Waals surface area contributed by atoms with Crippen LogP contribution in [-0.4, -0.2) is 39.9 Å². The molecular formula is C26H30F2N2O2. The molecule has 5 rings (SSSR count). The summed E-state index contributed by atoms with van der Waals surface area (Å²) in [5.41, 5.74) is 2.09. The van der Waals surface area contributed by atoms with Gasteiger partial charge in [0.2, 0.25) is 0 Å². The molecule has 170 valence electrons. The molecule has 2 aromatic carbocycles. The van der Waals surface area contributed by atoms with Gasteiger partial charge in [-0.1, -0.05) is 6.07 Å². The quantitative estimate of drug-likeness (QED) is 0.546. The number of hydrogen-bond donors (Lipinski definition) is 1. The van der Waals surface area contributed by atoms with Crippen LogP contribution in [0.4, 0.5) is 8.78 Å². The number of aliphatic hydroxyl groups excluding tert-OH is 1. The Morgan fingerprint density at radius 2 is 1.75 bits per heavy atom. The summed E-state index contributed by atoms with van der Waals surface area (Å²) in [6.07, 6.45) is 8.92. The van der Waals surface area contributed by atoms with Crippen LogP contribution in [0.15, 0.2) is 42.6 Å². The number of aromatic nitrogens is 1. The summed E-state index contributed by atoms with van der Waals surface area (Å²) in [6, 6.07) is 10.2. The number of halogens is 2. The van der Waals surface area contributed by atoms with Crippen LogP contribution >= 0.6 is 0 Å². The summed E-state index contributed by atoms with van der Waals surface area (Å²) in [7, 11) is 0. The molecule has 1 N–H and O–H groups in total. The molecule has 0 bridgehead atoms. The average molecular weight is 441 g/mol. The van der Waals surface area contributed by atoms with E-state index in [0.717, 1.165) is 54.4 Å². The lowest BCUT2D eigenvalue weighted by molar-refractivity contribution is 0.154. The van der Waals surface area contributed by atoms with Crippen LogP contribution in [0.3, 0.4) is 0 Å². The number of likely N-dealkylation sites (tertiary alicyclic amines) is 1. The first kappa shape index (κ1) is 21.4. The van der Waals surface area contributed by atoms with Gasteiger partial charge in [0.15, 0.2) is 0 Å². The Morgan fingerprint density at radius 1 is 0.969 bits per heavy atom. The molecule has 2 heterocycles. The smallest absolute Gasteiger partial charge is 0.131 e. The molecule has 4 nitrogen and oxygen atoms in total. The molecule has 1 aliphatic heterocycles. The number of rotatable bonds is 7. The second-order valence-corrected chi connectivity index (χ2v) is 9.13. The molecule has 2 fully saturated rings. The molecule has 1 saturated carbocycles. The first-order valence-electron chi connectivity index (χ1n) is 11.7. The lowest BCUT2D eigenvalue weighted by Gasteiger charge is -2.22. The number of aliphatic hydroxyl groups is 1. The Kier molecular flexibility index (Phi) is 6.15. The normalized spacial score (nSPS) is 19.9. The van der Waals surface area contributed by atoms with Crippen LogP contribution in [0.25, 0.3) is 10.9 Å². The molecule has 1 aliphatic carbocycles. The van der Waals surface area contributed by atoms with Crippen molar-refractivity contribution >= 4 is 10.9 Å². The van der Waals surface area contributed by atoms with Crippen LogP contribution < -0.4 is 4.74 Å². The van der Waals surface area contributed by atoms with Gasteiger partial charge in [-0.2, -0.15) is 0 Å². The van der Waals surface area contributed by atoms with Crippen LogP contribution in [0.5, 0.6) is 5.75 Å². The van der Waals surface area contributed by atoms with E-state index < -0.39 is 11.6 Å². The van der Waals surface area contributed by atoms with Crippen LogP contribution in [0.2, 0.25) is 0 Å². The van der Waals surface area contributed by atoms with E-state index in [1.165, 1.54) is 31.0 Å². The lowest BCUT2D eigenvalue weighted by Crippen LogP contribution is -2.31. The van der Waals surface area contributed by atoms with Crippen molar-refractivity contribution in [1.82, 2.24) is 9.47 Å². The van der Waals surface area contributed by atoms with Gasteiger partial charge >= 0.3 is 0 Å². The molecular weight excluding hydrogens is 410 g/mol. The highest BCUT2D eigenvalue weighted by molar-refractivity contribution is 5.85. The maximum atomic E-state index is 14.3.